The monoisotopic (exact) mass is 274 g/mol. The molecule has 2 N–H and O–H groups in total. The number of carboxylic acids is 1. The topological polar surface area (TPSA) is 112 Å². The van der Waals surface area contributed by atoms with Gasteiger partial charge in [-0.05, 0) is 6.07 Å². The van der Waals surface area contributed by atoms with Gasteiger partial charge in [0, 0.05) is 20.6 Å². The molecule has 0 amide bonds. The van der Waals surface area contributed by atoms with Gasteiger partial charge in [0.15, 0.2) is 5.82 Å². The van der Waals surface area contributed by atoms with Crippen molar-refractivity contribution in [2.24, 2.45) is 0 Å². The van der Waals surface area contributed by atoms with Gasteiger partial charge in [-0.3, -0.25) is 0 Å². The van der Waals surface area contributed by atoms with Crippen molar-refractivity contribution in [2.45, 2.75) is 0 Å². The summed E-state index contributed by atoms with van der Waals surface area (Å²) < 4.78 is 24.0. The minimum absolute atomic E-state index is 0.0488. The number of hydrogen-bond donors (Lipinski definition) is 2. The number of hydrogen-bond acceptors (Lipinski definition) is 6. The Morgan fingerprint density at radius 3 is 2.72 bits per heavy atom. The van der Waals surface area contributed by atoms with E-state index >= 15 is 0 Å². The molecule has 100 valence electrons. The third-order valence-corrected chi connectivity index (χ3v) is 3.99. The molecular formula is C9H14N4O4S. The Morgan fingerprint density at radius 2 is 2.17 bits per heavy atom. The molecule has 0 aliphatic heterocycles. The standard InChI is InChI=1S/C9H14N4O4S/c1-13(2)18(16,17)6-5-10-8-7(9(14)15)3-4-11-12-8/h3-4H,5-6H2,1-2H3,(H,10,12)(H,14,15). The summed E-state index contributed by atoms with van der Waals surface area (Å²) >= 11 is 0. The number of rotatable bonds is 6. The van der Waals surface area contributed by atoms with Gasteiger partial charge in [0.25, 0.3) is 0 Å². The fraction of sp³-hybridized carbons (Fsp3) is 0.444. The van der Waals surface area contributed by atoms with E-state index in [1.165, 1.54) is 26.4 Å². The lowest BCUT2D eigenvalue weighted by molar-refractivity contribution is 0.0697. The SMILES string of the molecule is CN(C)S(=O)(=O)CCNc1nnccc1C(=O)O. The summed E-state index contributed by atoms with van der Waals surface area (Å²) in [5.41, 5.74) is -0.0488. The molecule has 8 nitrogen and oxygen atoms in total. The molecule has 0 saturated heterocycles. The fourth-order valence-electron chi connectivity index (χ4n) is 1.12. The molecule has 1 aromatic heterocycles. The second kappa shape index (κ2) is 5.74. The first-order valence-electron chi connectivity index (χ1n) is 5.03. The van der Waals surface area contributed by atoms with E-state index in [0.29, 0.717) is 0 Å². The van der Waals surface area contributed by atoms with Gasteiger partial charge >= 0.3 is 5.97 Å². The molecule has 0 atom stereocenters. The summed E-state index contributed by atoms with van der Waals surface area (Å²) in [6.45, 7) is 0.0550. The molecule has 0 bridgehead atoms. The first-order chi connectivity index (χ1) is 8.34. The maximum Gasteiger partial charge on any atom is 0.339 e. The van der Waals surface area contributed by atoms with E-state index < -0.39 is 16.0 Å². The highest BCUT2D eigenvalue weighted by molar-refractivity contribution is 7.89. The van der Waals surface area contributed by atoms with Gasteiger partial charge in [0.05, 0.1) is 11.9 Å². The van der Waals surface area contributed by atoms with Gasteiger partial charge in [0.1, 0.15) is 5.56 Å². The molecule has 1 heterocycles. The maximum absolute atomic E-state index is 11.5. The number of aromatic nitrogens is 2. The number of carboxylic acid groups (broad SMARTS) is 1. The van der Waals surface area contributed by atoms with Crippen LogP contribution < -0.4 is 5.32 Å². The van der Waals surface area contributed by atoms with Crippen LogP contribution in [0.5, 0.6) is 0 Å². The van der Waals surface area contributed by atoms with Crippen LogP contribution in [0, 0.1) is 0 Å². The highest BCUT2D eigenvalue weighted by Crippen LogP contribution is 2.09. The first kappa shape index (κ1) is 14.3. The minimum atomic E-state index is -3.33. The third-order valence-electron chi connectivity index (χ3n) is 2.16. The van der Waals surface area contributed by atoms with Crippen molar-refractivity contribution in [3.05, 3.63) is 17.8 Å². The highest BCUT2D eigenvalue weighted by atomic mass is 32.2. The molecular weight excluding hydrogens is 260 g/mol. The van der Waals surface area contributed by atoms with E-state index in [0.717, 1.165) is 4.31 Å². The number of nitrogens with one attached hydrogen (secondary N) is 1. The summed E-state index contributed by atoms with van der Waals surface area (Å²) in [6.07, 6.45) is 1.26. The molecule has 0 aliphatic carbocycles. The minimum Gasteiger partial charge on any atom is -0.478 e. The molecule has 0 spiro atoms. The van der Waals surface area contributed by atoms with Crippen LogP contribution >= 0.6 is 0 Å². The zero-order valence-electron chi connectivity index (χ0n) is 9.99. The van der Waals surface area contributed by atoms with Gasteiger partial charge in [-0.2, -0.15) is 5.10 Å². The van der Waals surface area contributed by atoms with Crippen LogP contribution in [0.1, 0.15) is 10.4 Å². The molecule has 9 heteroatoms. The van der Waals surface area contributed by atoms with Crippen LogP contribution in [-0.2, 0) is 10.0 Å². The number of aromatic carboxylic acids is 1. The van der Waals surface area contributed by atoms with Crippen molar-refractivity contribution in [1.29, 1.82) is 0 Å². The van der Waals surface area contributed by atoms with Crippen molar-refractivity contribution in [1.82, 2.24) is 14.5 Å². The molecule has 0 aliphatic rings. The predicted octanol–water partition coefficient (Wildman–Crippen LogP) is -0.522. The van der Waals surface area contributed by atoms with E-state index in [-0.39, 0.29) is 23.7 Å². The van der Waals surface area contributed by atoms with Gasteiger partial charge in [0.2, 0.25) is 10.0 Å². The Morgan fingerprint density at radius 1 is 1.50 bits per heavy atom. The second-order valence-corrected chi connectivity index (χ2v) is 5.93. The quantitative estimate of drug-likeness (QED) is 0.717. The third kappa shape index (κ3) is 3.64. The largest absolute Gasteiger partial charge is 0.478 e. The lowest BCUT2D eigenvalue weighted by Gasteiger charge is -2.12. The van der Waals surface area contributed by atoms with E-state index in [1.807, 2.05) is 0 Å². The summed E-state index contributed by atoms with van der Waals surface area (Å²) in [4.78, 5) is 10.9. The van der Waals surface area contributed by atoms with E-state index in [1.54, 1.807) is 0 Å². The number of nitrogens with zero attached hydrogens (tertiary/aromatic N) is 3. The van der Waals surface area contributed by atoms with Crippen LogP contribution in [0.25, 0.3) is 0 Å². The molecule has 0 aromatic carbocycles. The molecule has 0 fully saturated rings. The van der Waals surface area contributed by atoms with E-state index in [9.17, 15) is 13.2 Å². The van der Waals surface area contributed by atoms with E-state index in [2.05, 4.69) is 15.5 Å². The zero-order chi connectivity index (χ0) is 13.8. The number of anilines is 1. The van der Waals surface area contributed by atoms with Gasteiger partial charge in [-0.25, -0.2) is 17.5 Å². The lowest BCUT2D eigenvalue weighted by atomic mass is 10.3. The van der Waals surface area contributed by atoms with Gasteiger partial charge in [-0.1, -0.05) is 0 Å². The van der Waals surface area contributed by atoms with Crippen molar-refractivity contribution < 1.29 is 18.3 Å². The van der Waals surface area contributed by atoms with Crippen LogP contribution in [0.2, 0.25) is 0 Å². The Bertz CT molecular complexity index is 529. The summed E-state index contributed by atoms with van der Waals surface area (Å²) in [5.74, 6) is -1.25. The van der Waals surface area contributed by atoms with Crippen molar-refractivity contribution in [2.75, 3.05) is 31.7 Å². The van der Waals surface area contributed by atoms with Crippen molar-refractivity contribution in [3.63, 3.8) is 0 Å². The van der Waals surface area contributed by atoms with Crippen LogP contribution in [0.3, 0.4) is 0 Å². The van der Waals surface area contributed by atoms with E-state index in [4.69, 9.17) is 5.11 Å². The molecule has 1 aromatic rings. The van der Waals surface area contributed by atoms with Crippen LogP contribution in [0.15, 0.2) is 12.3 Å². The average Bonchev–Trinajstić information content (AvgIpc) is 2.29. The Hall–Kier alpha value is -1.74. The van der Waals surface area contributed by atoms with Crippen molar-refractivity contribution >= 4 is 21.8 Å². The number of carbonyl (C=O) groups is 1. The highest BCUT2D eigenvalue weighted by Gasteiger charge is 2.15. The molecule has 0 saturated carbocycles. The first-order valence-corrected chi connectivity index (χ1v) is 6.64. The smallest absolute Gasteiger partial charge is 0.339 e. The average molecular weight is 274 g/mol. The Balaban J connectivity index is 2.68. The Labute approximate surface area is 105 Å². The van der Waals surface area contributed by atoms with Gasteiger partial charge < -0.3 is 10.4 Å². The summed E-state index contributed by atoms with van der Waals surface area (Å²) in [5, 5.41) is 18.7. The normalized spacial score (nSPS) is 11.5. The van der Waals surface area contributed by atoms with Crippen molar-refractivity contribution in [3.8, 4) is 0 Å². The maximum atomic E-state index is 11.5. The van der Waals surface area contributed by atoms with Gasteiger partial charge in [-0.15, -0.1) is 5.10 Å². The zero-order valence-corrected chi connectivity index (χ0v) is 10.8. The number of sulfonamides is 1. The fourth-order valence-corrected chi connectivity index (χ4v) is 1.84. The predicted molar refractivity (Wildman–Crippen MR) is 65.0 cm³/mol. The lowest BCUT2D eigenvalue weighted by Crippen LogP contribution is -2.28. The molecule has 0 unspecified atom stereocenters. The summed E-state index contributed by atoms with van der Waals surface area (Å²) in [6, 6.07) is 1.29. The second-order valence-electron chi connectivity index (χ2n) is 3.62. The van der Waals surface area contributed by atoms with Crippen LogP contribution in [-0.4, -0.2) is 60.4 Å². The van der Waals surface area contributed by atoms with Crippen LogP contribution in [0.4, 0.5) is 5.82 Å². The molecule has 0 radical (unpaired) electrons. The molecule has 18 heavy (non-hydrogen) atoms. The molecule has 1 rings (SSSR count). The Kier molecular flexibility index (Phi) is 4.56. The summed E-state index contributed by atoms with van der Waals surface area (Å²) in [7, 11) is -0.464.